The first kappa shape index (κ1) is 7.21. The van der Waals surface area contributed by atoms with E-state index in [1.807, 2.05) is 6.07 Å². The summed E-state index contributed by atoms with van der Waals surface area (Å²) in [6, 6.07) is 3.49. The van der Waals surface area contributed by atoms with Crippen molar-refractivity contribution >= 4 is 22.6 Å². The predicted octanol–water partition coefficient (Wildman–Crippen LogP) is 1.93. The molecule has 58 valence electrons. The molecule has 2 nitrogen and oxygen atoms in total. The van der Waals surface area contributed by atoms with Gasteiger partial charge in [-0.15, -0.1) is 0 Å². The van der Waals surface area contributed by atoms with Crippen LogP contribution in [0.1, 0.15) is 5.56 Å². The maximum Gasteiger partial charge on any atom is 0.129 e. The summed E-state index contributed by atoms with van der Waals surface area (Å²) in [5, 5.41) is 9.32. The van der Waals surface area contributed by atoms with Crippen LogP contribution in [0.25, 0.3) is 0 Å². The first-order valence-corrected chi connectivity index (χ1v) is 4.50. The summed E-state index contributed by atoms with van der Waals surface area (Å²) in [7, 11) is 0. The lowest BCUT2D eigenvalue weighted by atomic mass is 10.2. The molecule has 0 aliphatic carbocycles. The van der Waals surface area contributed by atoms with Gasteiger partial charge < -0.3 is 9.84 Å². The predicted molar refractivity (Wildman–Crippen MR) is 50.0 cm³/mol. The van der Waals surface area contributed by atoms with E-state index in [1.54, 1.807) is 6.07 Å². The van der Waals surface area contributed by atoms with Crippen molar-refractivity contribution in [1.29, 1.82) is 0 Å². The van der Waals surface area contributed by atoms with Crippen LogP contribution in [0.15, 0.2) is 12.1 Å². The number of hydrogen-bond donors (Lipinski definition) is 1. The van der Waals surface area contributed by atoms with Gasteiger partial charge in [0.15, 0.2) is 0 Å². The van der Waals surface area contributed by atoms with Crippen molar-refractivity contribution in [2.45, 2.75) is 6.42 Å². The molecule has 1 aliphatic rings. The van der Waals surface area contributed by atoms with E-state index in [4.69, 9.17) is 4.74 Å². The zero-order valence-corrected chi connectivity index (χ0v) is 7.96. The van der Waals surface area contributed by atoms with Crippen LogP contribution in [-0.4, -0.2) is 11.7 Å². The van der Waals surface area contributed by atoms with Crippen molar-refractivity contribution in [2.24, 2.45) is 0 Å². The number of phenols is 1. The Balaban J connectivity index is 2.62. The minimum atomic E-state index is 0.356. The molecule has 0 spiro atoms. The summed E-state index contributed by atoms with van der Waals surface area (Å²) in [5.41, 5.74) is 1.14. The fourth-order valence-electron chi connectivity index (χ4n) is 1.22. The normalized spacial score (nSPS) is 14.3. The van der Waals surface area contributed by atoms with Crippen molar-refractivity contribution in [3.8, 4) is 11.5 Å². The van der Waals surface area contributed by atoms with E-state index in [9.17, 15) is 5.11 Å². The second-order valence-electron chi connectivity index (χ2n) is 2.47. The van der Waals surface area contributed by atoms with Gasteiger partial charge in [-0.05, 0) is 34.7 Å². The molecule has 0 saturated carbocycles. The second kappa shape index (κ2) is 2.55. The molecule has 1 aromatic carbocycles. The summed E-state index contributed by atoms with van der Waals surface area (Å²) in [4.78, 5) is 0. The molecule has 0 aromatic heterocycles. The van der Waals surface area contributed by atoms with Crippen molar-refractivity contribution in [1.82, 2.24) is 0 Å². The SMILES string of the molecule is Oc1ccc2c(c1I)CCO2. The number of benzene rings is 1. The van der Waals surface area contributed by atoms with Gasteiger partial charge in [0.25, 0.3) is 0 Å². The van der Waals surface area contributed by atoms with Crippen LogP contribution in [0, 0.1) is 3.57 Å². The molecule has 0 atom stereocenters. The minimum absolute atomic E-state index is 0.356. The van der Waals surface area contributed by atoms with Gasteiger partial charge in [-0.2, -0.15) is 0 Å². The number of hydrogen-bond acceptors (Lipinski definition) is 2. The summed E-state index contributed by atoms with van der Waals surface area (Å²) in [6.07, 6.45) is 0.919. The van der Waals surface area contributed by atoms with E-state index in [1.165, 1.54) is 0 Å². The number of phenolic OH excluding ortho intramolecular Hbond substituents is 1. The Hall–Kier alpha value is -0.450. The molecule has 0 amide bonds. The van der Waals surface area contributed by atoms with E-state index in [0.717, 1.165) is 27.9 Å². The van der Waals surface area contributed by atoms with E-state index >= 15 is 0 Å². The molecule has 1 N–H and O–H groups in total. The van der Waals surface area contributed by atoms with Gasteiger partial charge in [-0.25, -0.2) is 0 Å². The van der Waals surface area contributed by atoms with Gasteiger partial charge in [0, 0.05) is 12.0 Å². The Labute approximate surface area is 78.3 Å². The van der Waals surface area contributed by atoms with Crippen LogP contribution in [0.2, 0.25) is 0 Å². The summed E-state index contributed by atoms with van der Waals surface area (Å²) in [5.74, 6) is 1.28. The molecular formula is C8H7IO2. The molecule has 1 aromatic rings. The van der Waals surface area contributed by atoms with Gasteiger partial charge in [0.2, 0.25) is 0 Å². The molecule has 1 aliphatic heterocycles. The van der Waals surface area contributed by atoms with Gasteiger partial charge >= 0.3 is 0 Å². The van der Waals surface area contributed by atoms with Gasteiger partial charge in [-0.1, -0.05) is 0 Å². The first-order valence-electron chi connectivity index (χ1n) is 3.42. The van der Waals surface area contributed by atoms with E-state index in [0.29, 0.717) is 5.75 Å². The highest BCUT2D eigenvalue weighted by molar-refractivity contribution is 14.1. The quantitative estimate of drug-likeness (QED) is 0.724. The molecule has 11 heavy (non-hydrogen) atoms. The molecule has 0 radical (unpaired) electrons. The summed E-state index contributed by atoms with van der Waals surface area (Å²) in [6.45, 7) is 0.745. The maximum atomic E-state index is 9.32. The van der Waals surface area contributed by atoms with Gasteiger partial charge in [-0.3, -0.25) is 0 Å². The molecule has 1 heterocycles. The number of halogens is 1. The average Bonchev–Trinajstić information content (AvgIpc) is 2.45. The number of aromatic hydroxyl groups is 1. The third kappa shape index (κ3) is 1.07. The molecule has 0 saturated heterocycles. The average molecular weight is 262 g/mol. The van der Waals surface area contributed by atoms with Crippen LogP contribution < -0.4 is 4.74 Å². The van der Waals surface area contributed by atoms with Crippen molar-refractivity contribution < 1.29 is 9.84 Å². The van der Waals surface area contributed by atoms with Crippen molar-refractivity contribution in [3.05, 3.63) is 21.3 Å². The number of rotatable bonds is 0. The van der Waals surface area contributed by atoms with Gasteiger partial charge in [0.05, 0.1) is 10.2 Å². The monoisotopic (exact) mass is 262 g/mol. The van der Waals surface area contributed by atoms with E-state index in [-0.39, 0.29) is 0 Å². The van der Waals surface area contributed by atoms with Crippen LogP contribution >= 0.6 is 22.6 Å². The van der Waals surface area contributed by atoms with E-state index in [2.05, 4.69) is 22.6 Å². The third-order valence-electron chi connectivity index (χ3n) is 1.79. The summed E-state index contributed by atoms with van der Waals surface area (Å²) < 4.78 is 6.25. The number of ether oxygens (including phenoxy) is 1. The fraction of sp³-hybridized carbons (Fsp3) is 0.250. The largest absolute Gasteiger partial charge is 0.507 e. The van der Waals surface area contributed by atoms with Crippen LogP contribution in [-0.2, 0) is 6.42 Å². The Morgan fingerprint density at radius 3 is 3.09 bits per heavy atom. The lowest BCUT2D eigenvalue weighted by Gasteiger charge is -2.01. The first-order chi connectivity index (χ1) is 5.29. The lowest BCUT2D eigenvalue weighted by Crippen LogP contribution is -1.86. The van der Waals surface area contributed by atoms with E-state index < -0.39 is 0 Å². The topological polar surface area (TPSA) is 29.5 Å². The van der Waals surface area contributed by atoms with Crippen molar-refractivity contribution in [3.63, 3.8) is 0 Å². The highest BCUT2D eigenvalue weighted by Crippen LogP contribution is 2.34. The van der Waals surface area contributed by atoms with Gasteiger partial charge in [0.1, 0.15) is 11.5 Å². The maximum absolute atomic E-state index is 9.32. The smallest absolute Gasteiger partial charge is 0.129 e. The summed E-state index contributed by atoms with van der Waals surface area (Å²) >= 11 is 2.14. The van der Waals surface area contributed by atoms with Crippen molar-refractivity contribution in [2.75, 3.05) is 6.61 Å². The molecule has 0 fully saturated rings. The standard InChI is InChI=1S/C8H7IO2/c9-8-5-3-4-11-7(5)2-1-6(8)10/h1-2,10H,3-4H2. The lowest BCUT2D eigenvalue weighted by molar-refractivity contribution is 0.356. The van der Waals surface area contributed by atoms with Crippen LogP contribution in [0.4, 0.5) is 0 Å². The molecule has 0 unspecified atom stereocenters. The Morgan fingerprint density at radius 1 is 1.45 bits per heavy atom. The second-order valence-corrected chi connectivity index (χ2v) is 3.55. The Morgan fingerprint density at radius 2 is 2.27 bits per heavy atom. The molecule has 0 bridgehead atoms. The fourth-order valence-corrected chi connectivity index (χ4v) is 1.94. The Kier molecular flexibility index (Phi) is 1.67. The minimum Gasteiger partial charge on any atom is -0.507 e. The highest BCUT2D eigenvalue weighted by atomic mass is 127. The number of fused-ring (bicyclic) bond motifs is 1. The zero-order valence-electron chi connectivity index (χ0n) is 5.80. The van der Waals surface area contributed by atoms with Crippen LogP contribution in [0.5, 0.6) is 11.5 Å². The zero-order chi connectivity index (χ0) is 7.84. The molecular weight excluding hydrogens is 255 g/mol. The Bertz CT molecular complexity index is 296. The third-order valence-corrected chi connectivity index (χ3v) is 2.99. The molecule has 2 rings (SSSR count). The van der Waals surface area contributed by atoms with Crippen LogP contribution in [0.3, 0.4) is 0 Å². The molecule has 3 heteroatoms. The highest BCUT2D eigenvalue weighted by Gasteiger charge is 2.16.